The summed E-state index contributed by atoms with van der Waals surface area (Å²) in [5.74, 6) is -0.359. The molecule has 3 atom stereocenters. The maximum Gasteiger partial charge on any atom is 0.326 e. The van der Waals surface area contributed by atoms with E-state index in [0.717, 1.165) is 44.9 Å². The highest BCUT2D eigenvalue weighted by Crippen LogP contribution is 2.27. The molecule has 0 aromatic carbocycles. The molecule has 0 saturated heterocycles. The lowest BCUT2D eigenvalue weighted by molar-refractivity contribution is -0.141. The molecule has 2 amide bonds. The molecule has 0 aromatic rings. The lowest BCUT2D eigenvalue weighted by Gasteiger charge is -2.32. The second kappa shape index (κ2) is 7.66. The first-order valence-electron chi connectivity index (χ1n) is 8.37. The van der Waals surface area contributed by atoms with Gasteiger partial charge in [-0.1, -0.05) is 39.0 Å². The Morgan fingerprint density at radius 1 is 1.00 bits per heavy atom. The van der Waals surface area contributed by atoms with Gasteiger partial charge in [-0.15, -0.1) is 0 Å². The number of hydrogen-bond donors (Lipinski definition) is 3. The number of carbonyl (C=O) groups is 2. The van der Waals surface area contributed by atoms with Crippen molar-refractivity contribution in [3.05, 3.63) is 0 Å². The van der Waals surface area contributed by atoms with Crippen LogP contribution in [0.1, 0.15) is 64.7 Å². The van der Waals surface area contributed by atoms with Gasteiger partial charge < -0.3 is 15.7 Å². The summed E-state index contributed by atoms with van der Waals surface area (Å²) in [6, 6.07) is -0.879. The van der Waals surface area contributed by atoms with Crippen LogP contribution in [0.5, 0.6) is 0 Å². The second-order valence-electron chi connectivity index (χ2n) is 6.70. The van der Waals surface area contributed by atoms with Crippen LogP contribution in [0, 0.1) is 11.8 Å². The van der Waals surface area contributed by atoms with E-state index in [1.165, 1.54) is 12.8 Å². The number of carboxylic acids is 1. The zero-order valence-electron chi connectivity index (χ0n) is 12.9. The van der Waals surface area contributed by atoms with Gasteiger partial charge in [0.1, 0.15) is 6.04 Å². The van der Waals surface area contributed by atoms with Crippen molar-refractivity contribution in [1.82, 2.24) is 10.6 Å². The molecule has 0 heterocycles. The van der Waals surface area contributed by atoms with Crippen LogP contribution in [0.4, 0.5) is 4.79 Å². The third-order valence-corrected chi connectivity index (χ3v) is 5.10. The number of urea groups is 1. The molecule has 21 heavy (non-hydrogen) atoms. The first-order valence-corrected chi connectivity index (χ1v) is 8.37. The van der Waals surface area contributed by atoms with E-state index < -0.39 is 12.0 Å². The Hall–Kier alpha value is -1.26. The van der Waals surface area contributed by atoms with E-state index in [1.807, 2.05) is 0 Å². The number of carbonyl (C=O) groups excluding carboxylic acids is 1. The van der Waals surface area contributed by atoms with Crippen molar-refractivity contribution in [2.45, 2.75) is 76.8 Å². The predicted octanol–water partition coefficient (Wildman–Crippen LogP) is 2.90. The number of amides is 2. The lowest BCUT2D eigenvalue weighted by Crippen LogP contribution is -2.53. The highest BCUT2D eigenvalue weighted by molar-refractivity contribution is 5.82. The molecule has 0 aromatic heterocycles. The Bertz CT molecular complexity index is 367. The fourth-order valence-corrected chi connectivity index (χ4v) is 3.73. The van der Waals surface area contributed by atoms with Gasteiger partial charge in [-0.3, -0.25) is 0 Å². The Balaban J connectivity index is 1.87. The minimum atomic E-state index is -0.909. The summed E-state index contributed by atoms with van der Waals surface area (Å²) in [4.78, 5) is 23.6. The molecule has 2 aliphatic rings. The highest BCUT2D eigenvalue weighted by atomic mass is 16.4. The Morgan fingerprint density at radius 2 is 1.62 bits per heavy atom. The smallest absolute Gasteiger partial charge is 0.326 e. The van der Waals surface area contributed by atoms with Gasteiger partial charge in [0, 0.05) is 6.04 Å². The molecular formula is C16H28N2O3. The molecule has 5 nitrogen and oxygen atoms in total. The van der Waals surface area contributed by atoms with Gasteiger partial charge in [0.2, 0.25) is 0 Å². The minimum Gasteiger partial charge on any atom is -0.480 e. The van der Waals surface area contributed by atoms with Gasteiger partial charge >= 0.3 is 12.0 Å². The van der Waals surface area contributed by atoms with Gasteiger partial charge in [0.05, 0.1) is 0 Å². The van der Waals surface area contributed by atoms with E-state index in [0.29, 0.717) is 5.92 Å². The first kappa shape index (κ1) is 16.1. The molecule has 3 unspecified atom stereocenters. The zero-order chi connectivity index (χ0) is 15.2. The minimum absolute atomic E-state index is 0.0748. The van der Waals surface area contributed by atoms with Crippen LogP contribution in [0.25, 0.3) is 0 Å². The third kappa shape index (κ3) is 4.61. The van der Waals surface area contributed by atoms with Gasteiger partial charge in [0.15, 0.2) is 0 Å². The maximum absolute atomic E-state index is 12.1. The number of aliphatic carboxylic acids is 1. The van der Waals surface area contributed by atoms with E-state index in [2.05, 4.69) is 17.6 Å². The van der Waals surface area contributed by atoms with Crippen LogP contribution >= 0.6 is 0 Å². The van der Waals surface area contributed by atoms with Crippen molar-refractivity contribution in [3.63, 3.8) is 0 Å². The van der Waals surface area contributed by atoms with E-state index in [4.69, 9.17) is 0 Å². The molecular weight excluding hydrogens is 268 g/mol. The fraction of sp³-hybridized carbons (Fsp3) is 0.875. The number of hydrogen-bond acceptors (Lipinski definition) is 2. The molecule has 2 aliphatic carbocycles. The van der Waals surface area contributed by atoms with Crippen LogP contribution in [0.15, 0.2) is 0 Å². The molecule has 120 valence electrons. The number of carboxylic acid groups (broad SMARTS) is 1. The summed E-state index contributed by atoms with van der Waals surface area (Å²) >= 11 is 0. The highest BCUT2D eigenvalue weighted by Gasteiger charge is 2.31. The average Bonchev–Trinajstić information content (AvgIpc) is 2.48. The normalized spacial score (nSPS) is 28.6. The second-order valence-corrected chi connectivity index (χ2v) is 6.70. The molecule has 0 radical (unpaired) electrons. The van der Waals surface area contributed by atoms with Crippen molar-refractivity contribution >= 4 is 12.0 Å². The zero-order valence-corrected chi connectivity index (χ0v) is 12.9. The topological polar surface area (TPSA) is 78.4 Å². The monoisotopic (exact) mass is 296 g/mol. The van der Waals surface area contributed by atoms with Crippen LogP contribution in [0.3, 0.4) is 0 Å². The molecule has 2 fully saturated rings. The lowest BCUT2D eigenvalue weighted by atomic mass is 9.84. The fourth-order valence-electron chi connectivity index (χ4n) is 3.73. The standard InChI is InChI=1S/C16H28N2O3/c1-11-7-5-6-10-13(11)17-16(21)18-14(15(19)20)12-8-3-2-4-9-12/h11-14H,2-10H2,1H3,(H,19,20)(H2,17,18,21). The van der Waals surface area contributed by atoms with Crippen LogP contribution < -0.4 is 10.6 Å². The third-order valence-electron chi connectivity index (χ3n) is 5.10. The molecule has 0 spiro atoms. The van der Waals surface area contributed by atoms with Crippen LogP contribution in [-0.4, -0.2) is 29.2 Å². The maximum atomic E-state index is 12.1. The van der Waals surface area contributed by atoms with Crippen LogP contribution in [-0.2, 0) is 4.79 Å². The van der Waals surface area contributed by atoms with Gasteiger partial charge in [0.25, 0.3) is 0 Å². The molecule has 2 saturated carbocycles. The Labute approximate surface area is 126 Å². The van der Waals surface area contributed by atoms with Crippen molar-refractivity contribution < 1.29 is 14.7 Å². The number of nitrogens with one attached hydrogen (secondary N) is 2. The molecule has 3 N–H and O–H groups in total. The van der Waals surface area contributed by atoms with E-state index in [-0.39, 0.29) is 18.0 Å². The van der Waals surface area contributed by atoms with Gasteiger partial charge in [-0.2, -0.15) is 0 Å². The Morgan fingerprint density at radius 3 is 2.24 bits per heavy atom. The molecule has 2 rings (SSSR count). The first-order chi connectivity index (χ1) is 10.1. The summed E-state index contributed by atoms with van der Waals surface area (Å²) in [6.07, 6.45) is 9.60. The van der Waals surface area contributed by atoms with E-state index in [9.17, 15) is 14.7 Å². The predicted molar refractivity (Wildman–Crippen MR) is 81.1 cm³/mol. The van der Waals surface area contributed by atoms with Crippen molar-refractivity contribution in [2.75, 3.05) is 0 Å². The molecule has 0 aliphatic heterocycles. The van der Waals surface area contributed by atoms with Crippen LogP contribution in [0.2, 0.25) is 0 Å². The summed E-state index contributed by atoms with van der Waals surface area (Å²) in [5.41, 5.74) is 0. The van der Waals surface area contributed by atoms with Crippen molar-refractivity contribution in [1.29, 1.82) is 0 Å². The average molecular weight is 296 g/mol. The quantitative estimate of drug-likeness (QED) is 0.746. The molecule has 5 heteroatoms. The van der Waals surface area contributed by atoms with E-state index in [1.54, 1.807) is 0 Å². The van der Waals surface area contributed by atoms with Crippen molar-refractivity contribution in [2.24, 2.45) is 11.8 Å². The summed E-state index contributed by atoms with van der Waals surface area (Å²) in [5, 5.41) is 15.1. The van der Waals surface area contributed by atoms with Gasteiger partial charge in [-0.25, -0.2) is 9.59 Å². The van der Waals surface area contributed by atoms with E-state index >= 15 is 0 Å². The molecule has 0 bridgehead atoms. The largest absolute Gasteiger partial charge is 0.480 e. The summed E-state index contributed by atoms with van der Waals surface area (Å²) in [6.45, 7) is 2.15. The number of rotatable bonds is 4. The van der Waals surface area contributed by atoms with Crippen molar-refractivity contribution in [3.8, 4) is 0 Å². The SMILES string of the molecule is CC1CCCCC1NC(=O)NC(C(=O)O)C1CCCCC1. The summed E-state index contributed by atoms with van der Waals surface area (Å²) in [7, 11) is 0. The van der Waals surface area contributed by atoms with Gasteiger partial charge in [-0.05, 0) is 37.5 Å². The summed E-state index contributed by atoms with van der Waals surface area (Å²) < 4.78 is 0. The Kier molecular flexibility index (Phi) is 5.88.